The highest BCUT2D eigenvalue weighted by atomic mass is 16.5. The van der Waals surface area contributed by atoms with Gasteiger partial charge in [-0.15, -0.1) is 0 Å². The molecule has 0 fully saturated rings. The molecule has 7 heteroatoms. The van der Waals surface area contributed by atoms with Crippen molar-refractivity contribution in [1.82, 2.24) is 10.2 Å². The number of esters is 1. The largest absolute Gasteiger partial charge is 0.494 e. The smallest absolute Gasteiger partial charge is 0.313 e. The number of hydrogen-bond acceptors (Lipinski definition) is 5. The molecule has 0 radical (unpaired) electrons. The molecule has 2 aromatic rings. The summed E-state index contributed by atoms with van der Waals surface area (Å²) in [4.78, 5) is 25.2. The van der Waals surface area contributed by atoms with E-state index in [1.54, 1.807) is 31.2 Å². The maximum atomic E-state index is 12.8. The number of aromatic amines is 2. The highest BCUT2D eigenvalue weighted by Gasteiger charge is 2.51. The lowest BCUT2D eigenvalue weighted by Gasteiger charge is -2.40. The van der Waals surface area contributed by atoms with Gasteiger partial charge in [-0.05, 0) is 31.5 Å². The molecule has 0 aliphatic heterocycles. The third-order valence-corrected chi connectivity index (χ3v) is 4.89. The monoisotopic (exact) mass is 372 g/mol. The summed E-state index contributed by atoms with van der Waals surface area (Å²) in [5, 5.41) is 16.4. The maximum absolute atomic E-state index is 12.8. The van der Waals surface area contributed by atoms with E-state index in [4.69, 9.17) is 9.47 Å². The number of ether oxygens (including phenoxy) is 2. The molecule has 3 atom stereocenters. The van der Waals surface area contributed by atoms with Crippen LogP contribution in [-0.4, -0.2) is 40.1 Å². The van der Waals surface area contributed by atoms with Crippen LogP contribution < -0.4 is 10.3 Å². The van der Waals surface area contributed by atoms with Crippen molar-refractivity contribution in [3.05, 3.63) is 64.1 Å². The zero-order chi connectivity index (χ0) is 19.6. The van der Waals surface area contributed by atoms with Gasteiger partial charge in [0.2, 0.25) is 0 Å². The molecule has 1 heterocycles. The second kappa shape index (κ2) is 7.44. The number of benzene rings is 1. The minimum atomic E-state index is -1.39. The lowest BCUT2D eigenvalue weighted by Crippen LogP contribution is -2.50. The SMILES string of the molecule is C=CCOC(=O)[C@@H]1[C@H](c2ccc(OCC)cc2)c2c([nH][nH]c2=O)C[C@]1(C)O. The first kappa shape index (κ1) is 19.0. The van der Waals surface area contributed by atoms with Crippen LogP contribution in [0.1, 0.15) is 36.6 Å². The van der Waals surface area contributed by atoms with Gasteiger partial charge in [0.05, 0.1) is 18.1 Å². The van der Waals surface area contributed by atoms with Crippen LogP contribution >= 0.6 is 0 Å². The number of carbonyl (C=O) groups is 1. The van der Waals surface area contributed by atoms with Crippen molar-refractivity contribution in [3.63, 3.8) is 0 Å². The zero-order valence-electron chi connectivity index (χ0n) is 15.5. The van der Waals surface area contributed by atoms with Gasteiger partial charge in [0.15, 0.2) is 0 Å². The molecule has 0 bridgehead atoms. The van der Waals surface area contributed by atoms with Gasteiger partial charge in [-0.2, -0.15) is 0 Å². The molecule has 0 saturated carbocycles. The fourth-order valence-electron chi connectivity index (χ4n) is 3.78. The summed E-state index contributed by atoms with van der Waals surface area (Å²) in [6.07, 6.45) is 1.61. The van der Waals surface area contributed by atoms with Crippen molar-refractivity contribution in [3.8, 4) is 5.75 Å². The van der Waals surface area contributed by atoms with Crippen molar-refractivity contribution in [1.29, 1.82) is 0 Å². The van der Waals surface area contributed by atoms with E-state index in [1.807, 2.05) is 6.92 Å². The Kier molecular flexibility index (Phi) is 5.23. The van der Waals surface area contributed by atoms with E-state index in [2.05, 4.69) is 16.8 Å². The van der Waals surface area contributed by atoms with Crippen LogP contribution in [-0.2, 0) is 16.0 Å². The molecule has 1 aliphatic rings. The third-order valence-electron chi connectivity index (χ3n) is 4.89. The van der Waals surface area contributed by atoms with E-state index in [1.165, 1.54) is 6.08 Å². The first-order valence-electron chi connectivity index (χ1n) is 8.91. The fourth-order valence-corrected chi connectivity index (χ4v) is 3.78. The molecule has 27 heavy (non-hydrogen) atoms. The number of hydrogen-bond donors (Lipinski definition) is 3. The predicted molar refractivity (Wildman–Crippen MR) is 99.8 cm³/mol. The summed E-state index contributed by atoms with van der Waals surface area (Å²) in [6.45, 7) is 7.60. The second-order valence-corrected chi connectivity index (χ2v) is 6.88. The number of nitrogens with one attached hydrogen (secondary N) is 2. The van der Waals surface area contributed by atoms with Crippen molar-refractivity contribution in [2.75, 3.05) is 13.2 Å². The Bertz CT molecular complexity index is 879. The molecule has 0 unspecified atom stereocenters. The maximum Gasteiger partial charge on any atom is 0.313 e. The van der Waals surface area contributed by atoms with Gasteiger partial charge in [0.1, 0.15) is 12.4 Å². The van der Waals surface area contributed by atoms with Gasteiger partial charge in [-0.25, -0.2) is 0 Å². The van der Waals surface area contributed by atoms with Crippen LogP contribution in [0.2, 0.25) is 0 Å². The van der Waals surface area contributed by atoms with Gasteiger partial charge in [0, 0.05) is 23.6 Å². The van der Waals surface area contributed by atoms with Crippen LogP contribution in [0.25, 0.3) is 0 Å². The molecule has 144 valence electrons. The Labute approximate surface area is 157 Å². The average Bonchev–Trinajstić information content (AvgIpc) is 2.98. The molecule has 1 aliphatic carbocycles. The fraction of sp³-hybridized carbons (Fsp3) is 0.400. The van der Waals surface area contributed by atoms with Crippen LogP contribution in [0.3, 0.4) is 0 Å². The summed E-state index contributed by atoms with van der Waals surface area (Å²) in [5.74, 6) is -1.45. The molecular weight excluding hydrogens is 348 g/mol. The number of fused-ring (bicyclic) bond motifs is 1. The lowest BCUT2D eigenvalue weighted by atomic mass is 9.66. The third kappa shape index (κ3) is 3.55. The minimum Gasteiger partial charge on any atom is -0.494 e. The number of carbonyl (C=O) groups excluding carboxylic acids is 1. The average molecular weight is 372 g/mol. The Morgan fingerprint density at radius 2 is 2.07 bits per heavy atom. The molecule has 1 aromatic heterocycles. The van der Waals surface area contributed by atoms with Crippen LogP contribution in [0.5, 0.6) is 5.75 Å². The molecule has 0 spiro atoms. The first-order valence-corrected chi connectivity index (χ1v) is 8.91. The van der Waals surface area contributed by atoms with Crippen molar-refractivity contribution in [2.24, 2.45) is 5.92 Å². The quantitative estimate of drug-likeness (QED) is 0.531. The van der Waals surface area contributed by atoms with Crippen LogP contribution in [0.4, 0.5) is 0 Å². The van der Waals surface area contributed by atoms with E-state index in [-0.39, 0.29) is 18.6 Å². The standard InChI is InChI=1S/C20H24N2O5/c1-4-10-27-19(24)17-15(12-6-8-13(9-7-12)26-5-2)16-14(11-20(17,3)25)21-22-18(16)23/h4,6-9,15,17,25H,1,5,10-11H2,2-3H3,(H2,21,22,23)/t15-,17+,20+/m1/s1. The zero-order valence-corrected chi connectivity index (χ0v) is 15.5. The summed E-state index contributed by atoms with van der Waals surface area (Å²) < 4.78 is 10.7. The van der Waals surface area contributed by atoms with Gasteiger partial charge in [-0.3, -0.25) is 14.7 Å². The number of aliphatic hydroxyl groups is 1. The van der Waals surface area contributed by atoms with Crippen molar-refractivity contribution >= 4 is 5.97 Å². The predicted octanol–water partition coefficient (Wildman–Crippen LogP) is 1.89. The summed E-state index contributed by atoms with van der Waals surface area (Å²) in [6, 6.07) is 7.19. The van der Waals surface area contributed by atoms with Crippen LogP contribution in [0, 0.1) is 5.92 Å². The normalized spacial score (nSPS) is 24.1. The van der Waals surface area contributed by atoms with E-state index in [9.17, 15) is 14.7 Å². The minimum absolute atomic E-state index is 0.0394. The van der Waals surface area contributed by atoms with Crippen molar-refractivity contribution in [2.45, 2.75) is 31.8 Å². The van der Waals surface area contributed by atoms with Crippen molar-refractivity contribution < 1.29 is 19.4 Å². The van der Waals surface area contributed by atoms with Gasteiger partial charge < -0.3 is 19.7 Å². The highest BCUT2D eigenvalue weighted by molar-refractivity contribution is 5.77. The molecule has 3 N–H and O–H groups in total. The van der Waals surface area contributed by atoms with Gasteiger partial charge >= 0.3 is 5.97 Å². The number of aromatic nitrogens is 2. The lowest BCUT2D eigenvalue weighted by molar-refractivity contribution is -0.158. The van der Waals surface area contributed by atoms with Crippen LogP contribution in [0.15, 0.2) is 41.7 Å². The molecule has 0 amide bonds. The summed E-state index contributed by atoms with van der Waals surface area (Å²) in [7, 11) is 0. The van der Waals surface area contributed by atoms with Gasteiger partial charge in [0.25, 0.3) is 5.56 Å². The van der Waals surface area contributed by atoms with E-state index >= 15 is 0 Å². The Morgan fingerprint density at radius 1 is 1.37 bits per heavy atom. The summed E-state index contributed by atoms with van der Waals surface area (Å²) >= 11 is 0. The van der Waals surface area contributed by atoms with E-state index in [0.717, 1.165) is 5.56 Å². The first-order chi connectivity index (χ1) is 12.9. The second-order valence-electron chi connectivity index (χ2n) is 6.88. The summed E-state index contributed by atoms with van der Waals surface area (Å²) in [5.41, 5.74) is 0.0775. The molecule has 0 saturated heterocycles. The molecule has 7 nitrogen and oxygen atoms in total. The van der Waals surface area contributed by atoms with E-state index in [0.29, 0.717) is 23.6 Å². The molecule has 3 rings (SSSR count). The highest BCUT2D eigenvalue weighted by Crippen LogP contribution is 2.44. The van der Waals surface area contributed by atoms with Gasteiger partial charge in [-0.1, -0.05) is 24.8 Å². The number of H-pyrrole nitrogens is 2. The Morgan fingerprint density at radius 3 is 2.70 bits per heavy atom. The van der Waals surface area contributed by atoms with E-state index < -0.39 is 23.4 Å². The Hall–Kier alpha value is -2.80. The topological polar surface area (TPSA) is 104 Å². The molecule has 1 aromatic carbocycles. The molecular formula is C20H24N2O5. The Balaban J connectivity index is 2.11. The number of rotatable bonds is 6.